The Hall–Kier alpha value is -5.42. The topological polar surface area (TPSA) is 123 Å². The fraction of sp³-hybridized carbons (Fsp3) is 0.524. The van der Waals surface area contributed by atoms with E-state index in [1.54, 1.807) is 12.1 Å². The minimum atomic E-state index is -4.38. The molecule has 2 saturated carbocycles. The summed E-state index contributed by atoms with van der Waals surface area (Å²) >= 11 is 0. The molecule has 4 aromatic rings. The lowest BCUT2D eigenvalue weighted by Gasteiger charge is -2.37. The number of alkyl halides is 6. The Balaban J connectivity index is 0.000000181. The Morgan fingerprint density at radius 1 is 0.450 bits per heavy atom. The first-order valence-corrected chi connectivity index (χ1v) is 20.7. The largest absolute Gasteiger partial charge is 0.416 e. The van der Waals surface area contributed by atoms with Gasteiger partial charge < -0.3 is 19.6 Å². The van der Waals surface area contributed by atoms with Crippen LogP contribution in [0.1, 0.15) is 87.4 Å². The Labute approximate surface area is 342 Å². The molecule has 2 saturated heterocycles. The zero-order chi connectivity index (χ0) is 42.6. The molecule has 0 atom stereocenters. The van der Waals surface area contributed by atoms with Crippen LogP contribution in [0.25, 0.3) is 0 Å². The van der Waals surface area contributed by atoms with Crippen molar-refractivity contribution in [3.8, 4) is 0 Å². The van der Waals surface area contributed by atoms with Crippen LogP contribution in [0, 0.1) is 0 Å². The summed E-state index contributed by atoms with van der Waals surface area (Å²) in [7, 11) is 0. The Morgan fingerprint density at radius 3 is 1.10 bits per heavy atom. The van der Waals surface area contributed by atoms with Gasteiger partial charge in [-0.2, -0.15) is 26.3 Å². The number of H-pyrrole nitrogens is 2. The second-order valence-electron chi connectivity index (χ2n) is 16.0. The molecule has 4 aliphatic rings. The second kappa shape index (κ2) is 18.1. The summed E-state index contributed by atoms with van der Waals surface area (Å²) in [5.41, 5.74) is -1.65. The number of nitrogens with one attached hydrogen (secondary N) is 2. The number of aromatic amines is 2. The van der Waals surface area contributed by atoms with Crippen molar-refractivity contribution in [2.45, 2.75) is 88.6 Å². The molecule has 324 valence electrons. The molecule has 12 nitrogen and oxygen atoms in total. The number of hydrogen-bond donors (Lipinski definition) is 2. The highest BCUT2D eigenvalue weighted by Crippen LogP contribution is 2.34. The zero-order valence-corrected chi connectivity index (χ0v) is 33.2. The van der Waals surface area contributed by atoms with Gasteiger partial charge in [-0.3, -0.25) is 28.7 Å². The molecule has 0 amide bonds. The second-order valence-corrected chi connectivity index (χ2v) is 16.0. The van der Waals surface area contributed by atoms with Crippen LogP contribution in [0.2, 0.25) is 0 Å². The molecule has 2 aromatic heterocycles. The molecule has 2 N–H and O–H groups in total. The van der Waals surface area contributed by atoms with Crippen LogP contribution < -0.4 is 42.1 Å². The van der Waals surface area contributed by atoms with Gasteiger partial charge in [0, 0.05) is 87.9 Å². The highest BCUT2D eigenvalue weighted by atomic mass is 19.4. The van der Waals surface area contributed by atoms with E-state index in [1.165, 1.54) is 33.4 Å². The van der Waals surface area contributed by atoms with Crippen molar-refractivity contribution in [1.82, 2.24) is 19.1 Å². The van der Waals surface area contributed by atoms with E-state index in [1.807, 2.05) is 19.6 Å². The van der Waals surface area contributed by atoms with E-state index in [9.17, 15) is 45.5 Å². The van der Waals surface area contributed by atoms with Gasteiger partial charge in [-0.25, -0.2) is 9.59 Å². The third-order valence-electron chi connectivity index (χ3n) is 12.1. The van der Waals surface area contributed by atoms with Crippen molar-refractivity contribution < 1.29 is 26.3 Å². The maximum atomic E-state index is 13.0. The van der Waals surface area contributed by atoms with E-state index in [4.69, 9.17) is 0 Å². The van der Waals surface area contributed by atoms with Gasteiger partial charge in [-0.15, -0.1) is 0 Å². The molecule has 18 heteroatoms. The molecular weight excluding hydrogens is 795 g/mol. The Morgan fingerprint density at radius 2 is 0.783 bits per heavy atom. The lowest BCUT2D eigenvalue weighted by Crippen LogP contribution is -2.48. The minimum absolute atomic E-state index is 0.0400. The maximum Gasteiger partial charge on any atom is 0.416 e. The van der Waals surface area contributed by atoms with Crippen molar-refractivity contribution >= 4 is 23.0 Å². The quantitative estimate of drug-likeness (QED) is 0.204. The Kier molecular flexibility index (Phi) is 12.8. The summed E-state index contributed by atoms with van der Waals surface area (Å²) in [6.45, 7) is 3.98. The third kappa shape index (κ3) is 9.95. The number of hydrogen-bond acceptors (Lipinski definition) is 8. The van der Waals surface area contributed by atoms with Crippen molar-refractivity contribution in [3.05, 3.63) is 113 Å². The number of benzene rings is 2. The molecule has 2 aliphatic heterocycles. The molecule has 60 heavy (non-hydrogen) atoms. The van der Waals surface area contributed by atoms with Crippen LogP contribution in [-0.2, 0) is 12.4 Å². The van der Waals surface area contributed by atoms with Crippen molar-refractivity contribution in [3.63, 3.8) is 0 Å². The first-order valence-electron chi connectivity index (χ1n) is 20.7. The highest BCUT2D eigenvalue weighted by Gasteiger charge is 2.33. The lowest BCUT2D eigenvalue weighted by atomic mass is 9.95. The number of rotatable bonds is 6. The van der Waals surface area contributed by atoms with Gasteiger partial charge in [0.05, 0.1) is 11.1 Å². The molecule has 0 bridgehead atoms. The maximum absolute atomic E-state index is 13.0. The summed E-state index contributed by atoms with van der Waals surface area (Å²) < 4.78 is 80.5. The predicted octanol–water partition coefficient (Wildman–Crippen LogP) is 6.77. The Bertz CT molecular complexity index is 2100. The van der Waals surface area contributed by atoms with Gasteiger partial charge in [0.2, 0.25) is 0 Å². The molecule has 4 fully saturated rings. The summed E-state index contributed by atoms with van der Waals surface area (Å²) in [6.07, 6.45) is 0.997. The van der Waals surface area contributed by atoms with Crippen LogP contribution in [-0.4, -0.2) is 71.5 Å². The zero-order valence-electron chi connectivity index (χ0n) is 33.2. The number of nitrogens with zero attached hydrogens (tertiary/aromatic N) is 6. The summed E-state index contributed by atoms with van der Waals surface area (Å²) in [5, 5.41) is 0. The monoisotopic (exact) mass is 844 g/mol. The van der Waals surface area contributed by atoms with Crippen molar-refractivity contribution in [2.75, 3.05) is 72.0 Å². The summed E-state index contributed by atoms with van der Waals surface area (Å²) in [4.78, 5) is 63.6. The van der Waals surface area contributed by atoms with Crippen LogP contribution >= 0.6 is 0 Å². The van der Waals surface area contributed by atoms with E-state index in [0.717, 1.165) is 88.5 Å². The van der Waals surface area contributed by atoms with E-state index in [2.05, 4.69) is 9.97 Å². The lowest BCUT2D eigenvalue weighted by molar-refractivity contribution is -0.138. The molecule has 2 aliphatic carbocycles. The van der Waals surface area contributed by atoms with Crippen LogP contribution in [0.5, 0.6) is 0 Å². The predicted molar refractivity (Wildman–Crippen MR) is 219 cm³/mol. The first-order chi connectivity index (χ1) is 28.7. The van der Waals surface area contributed by atoms with Gasteiger partial charge in [-0.05, 0) is 62.1 Å². The molecule has 4 heterocycles. The molecule has 0 unspecified atom stereocenters. The first kappa shape index (κ1) is 42.7. The van der Waals surface area contributed by atoms with E-state index < -0.39 is 23.5 Å². The molecule has 0 radical (unpaired) electrons. The van der Waals surface area contributed by atoms with E-state index in [0.29, 0.717) is 75.4 Å². The van der Waals surface area contributed by atoms with Crippen LogP contribution in [0.15, 0.2) is 79.8 Å². The normalized spacial score (nSPS) is 18.6. The fourth-order valence-electron chi connectivity index (χ4n) is 8.86. The van der Waals surface area contributed by atoms with Crippen molar-refractivity contribution in [1.29, 1.82) is 0 Å². The average molecular weight is 845 g/mol. The van der Waals surface area contributed by atoms with Gasteiger partial charge in [0.1, 0.15) is 11.6 Å². The SMILES string of the molecule is O=c1cc(N2CCN(c3cccc(C(F)(F)F)c3)CC2)[nH]c(=O)n1C1CCCCC1.O=c1cc(N2CCN(c3cccc(C(F)(F)F)c3)CC2)[nH]c(=O)n1C1CCCCC1. The molecular formula is C42H50F6N8O4. The summed E-state index contributed by atoms with van der Waals surface area (Å²) in [5.74, 6) is 0.946. The highest BCUT2D eigenvalue weighted by molar-refractivity contribution is 5.53. The minimum Gasteiger partial charge on any atom is -0.368 e. The number of aromatic nitrogens is 4. The molecule has 8 rings (SSSR count). The van der Waals surface area contributed by atoms with Gasteiger partial charge >= 0.3 is 23.7 Å². The number of piperazine rings is 2. The third-order valence-corrected chi connectivity index (χ3v) is 12.1. The molecule has 0 spiro atoms. The molecule has 2 aromatic carbocycles. The van der Waals surface area contributed by atoms with Gasteiger partial charge in [0.25, 0.3) is 11.1 Å². The van der Waals surface area contributed by atoms with E-state index in [-0.39, 0.29) is 34.6 Å². The fourth-order valence-corrected chi connectivity index (χ4v) is 8.86. The number of halogens is 6. The van der Waals surface area contributed by atoms with Crippen LogP contribution in [0.3, 0.4) is 0 Å². The van der Waals surface area contributed by atoms with Crippen molar-refractivity contribution in [2.24, 2.45) is 0 Å². The van der Waals surface area contributed by atoms with Gasteiger partial charge in [-0.1, -0.05) is 50.7 Å². The summed E-state index contributed by atoms with van der Waals surface area (Å²) in [6, 6.07) is 13.4. The number of anilines is 4. The average Bonchev–Trinajstić information content (AvgIpc) is 3.24. The smallest absolute Gasteiger partial charge is 0.368 e. The standard InChI is InChI=1S/2C21H25F3N4O2/c2*22-21(23,24)15-5-4-8-17(13-15)26-9-11-27(12-10-26)18-14-19(29)28(20(30)25-18)16-6-2-1-3-7-16/h2*4-5,8,13-14,16H,1-3,6-7,9-12H2,(H,25,30). The van der Waals surface area contributed by atoms with E-state index >= 15 is 0 Å². The van der Waals surface area contributed by atoms with Gasteiger partial charge in [0.15, 0.2) is 0 Å². The van der Waals surface area contributed by atoms with Crippen LogP contribution in [0.4, 0.5) is 49.4 Å².